The van der Waals surface area contributed by atoms with Gasteiger partial charge in [0, 0.05) is 22.4 Å². The Morgan fingerprint density at radius 3 is 2.16 bits per heavy atom. The topological polar surface area (TPSA) is 55.2 Å². The lowest BCUT2D eigenvalue weighted by molar-refractivity contribution is -0.117. The first-order valence-electron chi connectivity index (χ1n) is 15.9. The number of amides is 1. The highest BCUT2D eigenvalue weighted by Gasteiger charge is 2.44. The molecule has 2 aliphatic rings. The largest absolute Gasteiger partial charge is 0.280 e. The Kier molecular flexibility index (Phi) is 7.92. The molecule has 0 saturated heterocycles. The maximum atomic E-state index is 15.0. The molecule has 2 aliphatic carbocycles. The molecule has 45 heavy (non-hydrogen) atoms. The van der Waals surface area contributed by atoms with Crippen molar-refractivity contribution in [3.63, 3.8) is 0 Å². The van der Waals surface area contributed by atoms with Crippen molar-refractivity contribution in [3.05, 3.63) is 136 Å². The lowest BCUT2D eigenvalue weighted by atomic mass is 9.62. The van der Waals surface area contributed by atoms with Crippen molar-refractivity contribution in [1.29, 1.82) is 0 Å². The van der Waals surface area contributed by atoms with Gasteiger partial charge in [0.15, 0.2) is 5.16 Å². The first kappa shape index (κ1) is 29.3. The van der Waals surface area contributed by atoms with Gasteiger partial charge in [-0.25, -0.2) is 4.98 Å². The minimum atomic E-state index is -0.533. The molecule has 1 heterocycles. The molecule has 1 atom stereocenters. The summed E-state index contributed by atoms with van der Waals surface area (Å²) in [5, 5.41) is 0.00262. The number of benzene rings is 4. The van der Waals surface area contributed by atoms with Crippen molar-refractivity contribution in [2.45, 2.75) is 68.2 Å². The Labute approximate surface area is 269 Å². The molecule has 6 heteroatoms. The van der Waals surface area contributed by atoms with Crippen LogP contribution in [0.3, 0.4) is 0 Å². The first-order chi connectivity index (χ1) is 21.9. The zero-order valence-electron chi connectivity index (χ0n) is 25.8. The van der Waals surface area contributed by atoms with E-state index in [1.165, 1.54) is 23.7 Å². The highest BCUT2D eigenvalue weighted by molar-refractivity contribution is 8.00. The van der Waals surface area contributed by atoms with Crippen LogP contribution in [0.4, 0.5) is 11.4 Å². The monoisotopic (exact) mass is 611 g/mol. The van der Waals surface area contributed by atoms with E-state index in [2.05, 4.69) is 18.2 Å². The van der Waals surface area contributed by atoms with Crippen LogP contribution in [0.1, 0.15) is 55.7 Å². The predicted molar refractivity (Wildman–Crippen MR) is 184 cm³/mol. The van der Waals surface area contributed by atoms with Crippen molar-refractivity contribution in [3.8, 4) is 16.9 Å². The second-order valence-corrected chi connectivity index (χ2v) is 13.7. The molecule has 7 rings (SSSR count). The van der Waals surface area contributed by atoms with E-state index in [9.17, 15) is 9.59 Å². The number of aryl methyl sites for hydroxylation is 1. The third-order valence-corrected chi connectivity index (χ3v) is 10.4. The van der Waals surface area contributed by atoms with Gasteiger partial charge in [0.25, 0.3) is 5.56 Å². The summed E-state index contributed by atoms with van der Waals surface area (Å²) in [6.45, 7) is 3.95. The van der Waals surface area contributed by atoms with Gasteiger partial charge in [-0.15, -0.1) is 0 Å². The van der Waals surface area contributed by atoms with Crippen LogP contribution in [0.2, 0.25) is 0 Å². The van der Waals surface area contributed by atoms with Crippen LogP contribution in [-0.4, -0.2) is 20.7 Å². The van der Waals surface area contributed by atoms with E-state index in [-0.39, 0.29) is 16.9 Å². The maximum Gasteiger partial charge on any atom is 0.263 e. The van der Waals surface area contributed by atoms with E-state index in [0.29, 0.717) is 5.16 Å². The molecule has 1 spiro atoms. The number of rotatable bonds is 6. The Balaban J connectivity index is 1.39. The van der Waals surface area contributed by atoms with E-state index in [1.807, 2.05) is 105 Å². The quantitative estimate of drug-likeness (QED) is 0.142. The fourth-order valence-corrected chi connectivity index (χ4v) is 8.17. The van der Waals surface area contributed by atoms with Gasteiger partial charge in [-0.05, 0) is 80.6 Å². The Hall–Kier alpha value is -4.42. The van der Waals surface area contributed by atoms with Crippen molar-refractivity contribution in [2.75, 3.05) is 4.90 Å². The standard InChI is InChI=1S/C39H37N3O2S/c1-27-15-14-21-32(25-27)42-37(44)34-35(33-22-11-10-16-29(33)26-39(34)23-12-5-13-24-39)40-38(42)45-28(2)36(43)41(30-17-6-3-7-18-30)31-19-8-4-9-20-31/h3-4,6-11,14-22,25,28H,5,12-13,23-24,26H2,1-2H3. The molecule has 1 amide bonds. The highest BCUT2D eigenvalue weighted by Crippen LogP contribution is 2.49. The van der Waals surface area contributed by atoms with Gasteiger partial charge in [0.05, 0.1) is 22.2 Å². The Bertz CT molecular complexity index is 1870. The molecule has 1 saturated carbocycles. The Morgan fingerprint density at radius 1 is 0.844 bits per heavy atom. The lowest BCUT2D eigenvalue weighted by Crippen LogP contribution is -2.43. The molecule has 5 aromatic rings. The number of anilines is 2. The van der Waals surface area contributed by atoms with Crippen molar-refractivity contribution in [1.82, 2.24) is 9.55 Å². The average molecular weight is 612 g/mol. The van der Waals surface area contributed by atoms with Crippen molar-refractivity contribution in [2.24, 2.45) is 0 Å². The van der Waals surface area contributed by atoms with Gasteiger partial charge in [-0.1, -0.05) is 104 Å². The van der Waals surface area contributed by atoms with E-state index in [0.717, 1.165) is 71.6 Å². The molecule has 1 aromatic heterocycles. The summed E-state index contributed by atoms with van der Waals surface area (Å²) in [4.78, 5) is 36.4. The first-order valence-corrected chi connectivity index (χ1v) is 16.8. The van der Waals surface area contributed by atoms with Crippen LogP contribution < -0.4 is 10.5 Å². The van der Waals surface area contributed by atoms with Crippen molar-refractivity contribution < 1.29 is 4.79 Å². The number of para-hydroxylation sites is 2. The van der Waals surface area contributed by atoms with Gasteiger partial charge in [-0.3, -0.25) is 19.1 Å². The highest BCUT2D eigenvalue weighted by atomic mass is 32.2. The number of hydrogen-bond acceptors (Lipinski definition) is 4. The number of thioether (sulfide) groups is 1. The molecular weight excluding hydrogens is 575 g/mol. The molecule has 4 aromatic carbocycles. The number of nitrogens with zero attached hydrogens (tertiary/aromatic N) is 3. The van der Waals surface area contributed by atoms with Gasteiger partial charge in [0.1, 0.15) is 0 Å². The molecule has 0 bridgehead atoms. The van der Waals surface area contributed by atoms with E-state index in [1.54, 1.807) is 9.47 Å². The maximum absolute atomic E-state index is 15.0. The molecule has 5 nitrogen and oxygen atoms in total. The van der Waals surface area contributed by atoms with Crippen LogP contribution in [-0.2, 0) is 16.6 Å². The van der Waals surface area contributed by atoms with Gasteiger partial charge in [-0.2, -0.15) is 0 Å². The minimum absolute atomic E-state index is 0.00729. The van der Waals surface area contributed by atoms with Crippen LogP contribution in [0.5, 0.6) is 0 Å². The van der Waals surface area contributed by atoms with Crippen molar-refractivity contribution >= 4 is 29.0 Å². The smallest absolute Gasteiger partial charge is 0.263 e. The van der Waals surface area contributed by atoms with E-state index < -0.39 is 5.25 Å². The molecule has 0 aliphatic heterocycles. The third-order valence-electron chi connectivity index (χ3n) is 9.33. The fraction of sp³-hybridized carbons (Fsp3) is 0.256. The zero-order chi connectivity index (χ0) is 31.0. The number of carbonyl (C=O) groups is 1. The van der Waals surface area contributed by atoms with Gasteiger partial charge in [0.2, 0.25) is 5.91 Å². The molecular formula is C39H37N3O2S. The molecule has 226 valence electrons. The van der Waals surface area contributed by atoms with Crippen LogP contribution in [0.25, 0.3) is 16.9 Å². The SMILES string of the molecule is Cc1cccc(-n2c(SC(C)C(=O)N(c3ccccc3)c3ccccc3)nc3c(c2=O)C2(CCCCC2)Cc2ccccc2-3)c1. The summed E-state index contributed by atoms with van der Waals surface area (Å²) in [5.74, 6) is -0.0793. The summed E-state index contributed by atoms with van der Waals surface area (Å²) in [6.07, 6.45) is 6.27. The summed E-state index contributed by atoms with van der Waals surface area (Å²) in [5.41, 5.74) is 7.14. The number of hydrogen-bond donors (Lipinski definition) is 0. The van der Waals surface area contributed by atoms with Gasteiger partial charge >= 0.3 is 0 Å². The molecule has 1 unspecified atom stereocenters. The number of fused-ring (bicyclic) bond motifs is 4. The van der Waals surface area contributed by atoms with Gasteiger partial charge < -0.3 is 0 Å². The number of aromatic nitrogens is 2. The second-order valence-electron chi connectivity index (χ2n) is 12.4. The second kappa shape index (κ2) is 12.2. The summed E-state index contributed by atoms with van der Waals surface area (Å²) >= 11 is 1.35. The third kappa shape index (κ3) is 5.42. The fourth-order valence-electron chi connectivity index (χ4n) is 7.21. The van der Waals surface area contributed by atoms with Crippen LogP contribution >= 0.6 is 11.8 Å². The minimum Gasteiger partial charge on any atom is -0.280 e. The van der Waals surface area contributed by atoms with Crippen LogP contribution in [0.15, 0.2) is 119 Å². The zero-order valence-corrected chi connectivity index (χ0v) is 26.6. The lowest BCUT2D eigenvalue weighted by Gasteiger charge is -2.42. The van der Waals surface area contributed by atoms with E-state index >= 15 is 0 Å². The summed E-state index contributed by atoms with van der Waals surface area (Å²) in [7, 11) is 0. The summed E-state index contributed by atoms with van der Waals surface area (Å²) < 4.78 is 1.78. The molecule has 0 N–H and O–H groups in total. The number of carbonyl (C=O) groups excluding carboxylic acids is 1. The molecule has 1 fully saturated rings. The van der Waals surface area contributed by atoms with Crippen LogP contribution in [0, 0.1) is 6.92 Å². The van der Waals surface area contributed by atoms with E-state index in [4.69, 9.17) is 4.98 Å². The Morgan fingerprint density at radius 2 is 1.49 bits per heavy atom. The normalized spacial score (nSPS) is 15.6. The average Bonchev–Trinajstić information content (AvgIpc) is 3.06. The molecule has 0 radical (unpaired) electrons. The summed E-state index contributed by atoms with van der Waals surface area (Å²) in [6, 6.07) is 35.9. The predicted octanol–water partition coefficient (Wildman–Crippen LogP) is 8.81.